The molecule has 164 valence electrons. The first-order chi connectivity index (χ1) is 14.2. The van der Waals surface area contributed by atoms with Crippen LogP contribution in [0.3, 0.4) is 0 Å². The van der Waals surface area contributed by atoms with Crippen LogP contribution in [0.4, 0.5) is 5.82 Å². The van der Waals surface area contributed by atoms with Gasteiger partial charge in [0.15, 0.2) is 5.82 Å². The molecule has 2 aromatic rings. The molecule has 0 bridgehead atoms. The maximum absolute atomic E-state index is 12.6. The fourth-order valence-electron chi connectivity index (χ4n) is 4.26. The molecule has 0 saturated heterocycles. The SMILES string of the molecule is COCc1cc(C(=O)Nc2cc([C@@H]3CC[C@@](C)(CC(=O)NC(C)C)C3)[nH]n2)n(C)n1. The van der Waals surface area contributed by atoms with Gasteiger partial charge in [-0.05, 0) is 44.6 Å². The van der Waals surface area contributed by atoms with E-state index in [1.807, 2.05) is 19.9 Å². The number of rotatable bonds is 8. The summed E-state index contributed by atoms with van der Waals surface area (Å²) in [5.41, 5.74) is 2.10. The van der Waals surface area contributed by atoms with E-state index in [4.69, 9.17) is 4.74 Å². The lowest BCUT2D eigenvalue weighted by atomic mass is 9.83. The van der Waals surface area contributed by atoms with Crippen LogP contribution in [0.1, 0.15) is 74.2 Å². The summed E-state index contributed by atoms with van der Waals surface area (Å²) in [7, 11) is 3.31. The first-order valence-electron chi connectivity index (χ1n) is 10.4. The number of hydrogen-bond acceptors (Lipinski definition) is 5. The van der Waals surface area contributed by atoms with E-state index in [2.05, 4.69) is 32.9 Å². The molecule has 2 aromatic heterocycles. The second kappa shape index (κ2) is 8.99. The van der Waals surface area contributed by atoms with Crippen molar-refractivity contribution in [2.75, 3.05) is 12.4 Å². The number of H-pyrrole nitrogens is 1. The molecule has 0 unspecified atom stereocenters. The number of aromatic amines is 1. The van der Waals surface area contributed by atoms with Crippen molar-refractivity contribution in [3.63, 3.8) is 0 Å². The van der Waals surface area contributed by atoms with Crippen LogP contribution in [0, 0.1) is 5.41 Å². The summed E-state index contributed by atoms with van der Waals surface area (Å²) >= 11 is 0. The fourth-order valence-corrected chi connectivity index (χ4v) is 4.26. The van der Waals surface area contributed by atoms with E-state index in [0.717, 1.165) is 25.0 Å². The molecule has 0 spiro atoms. The smallest absolute Gasteiger partial charge is 0.275 e. The van der Waals surface area contributed by atoms with Gasteiger partial charge >= 0.3 is 0 Å². The summed E-state index contributed by atoms with van der Waals surface area (Å²) in [6.07, 6.45) is 3.42. The molecule has 2 amide bonds. The third-order valence-corrected chi connectivity index (χ3v) is 5.61. The second-order valence-electron chi connectivity index (χ2n) is 8.89. The highest BCUT2D eigenvalue weighted by Crippen LogP contribution is 2.48. The van der Waals surface area contributed by atoms with Gasteiger partial charge in [0, 0.05) is 44.3 Å². The molecule has 9 nitrogen and oxygen atoms in total. The fraction of sp³-hybridized carbons (Fsp3) is 0.619. The molecule has 9 heteroatoms. The van der Waals surface area contributed by atoms with Gasteiger partial charge in [-0.2, -0.15) is 10.2 Å². The van der Waals surface area contributed by atoms with E-state index in [-0.39, 0.29) is 23.3 Å². The zero-order valence-corrected chi connectivity index (χ0v) is 18.4. The molecule has 3 N–H and O–H groups in total. The number of hydrogen-bond donors (Lipinski definition) is 3. The third-order valence-electron chi connectivity index (χ3n) is 5.61. The zero-order valence-electron chi connectivity index (χ0n) is 18.4. The summed E-state index contributed by atoms with van der Waals surface area (Å²) in [5.74, 6) is 0.613. The van der Waals surface area contributed by atoms with Gasteiger partial charge in [0.2, 0.25) is 5.91 Å². The van der Waals surface area contributed by atoms with E-state index < -0.39 is 0 Å². The van der Waals surface area contributed by atoms with Crippen LogP contribution >= 0.6 is 0 Å². The molecule has 1 aliphatic rings. The van der Waals surface area contributed by atoms with Crippen molar-refractivity contribution >= 4 is 17.6 Å². The molecular weight excluding hydrogens is 384 g/mol. The number of amides is 2. The average molecular weight is 417 g/mol. The van der Waals surface area contributed by atoms with E-state index in [1.165, 1.54) is 4.68 Å². The largest absolute Gasteiger partial charge is 0.378 e. The van der Waals surface area contributed by atoms with Gasteiger partial charge in [-0.1, -0.05) is 6.92 Å². The maximum Gasteiger partial charge on any atom is 0.275 e. The van der Waals surface area contributed by atoms with Crippen LogP contribution in [0.15, 0.2) is 12.1 Å². The number of nitrogens with one attached hydrogen (secondary N) is 3. The maximum atomic E-state index is 12.6. The molecular formula is C21H32N6O3. The minimum Gasteiger partial charge on any atom is -0.378 e. The van der Waals surface area contributed by atoms with Crippen molar-refractivity contribution in [2.45, 2.75) is 65.0 Å². The monoisotopic (exact) mass is 416 g/mol. The van der Waals surface area contributed by atoms with E-state index >= 15 is 0 Å². The van der Waals surface area contributed by atoms with Crippen LogP contribution in [0.5, 0.6) is 0 Å². The molecule has 3 rings (SSSR count). The van der Waals surface area contributed by atoms with Crippen LogP contribution in [-0.4, -0.2) is 44.9 Å². The van der Waals surface area contributed by atoms with Crippen molar-refractivity contribution in [2.24, 2.45) is 12.5 Å². The summed E-state index contributed by atoms with van der Waals surface area (Å²) in [4.78, 5) is 24.8. The molecule has 30 heavy (non-hydrogen) atoms. The lowest BCUT2D eigenvalue weighted by Gasteiger charge is -2.24. The van der Waals surface area contributed by atoms with Crippen LogP contribution in [-0.2, 0) is 23.2 Å². The molecule has 1 fully saturated rings. The molecule has 2 atom stereocenters. The van der Waals surface area contributed by atoms with Gasteiger partial charge in [-0.3, -0.25) is 19.4 Å². The summed E-state index contributed by atoms with van der Waals surface area (Å²) in [5, 5.41) is 17.4. The highest BCUT2D eigenvalue weighted by Gasteiger charge is 2.38. The predicted molar refractivity (Wildman–Crippen MR) is 113 cm³/mol. The number of ether oxygens (including phenoxy) is 1. The van der Waals surface area contributed by atoms with Crippen molar-refractivity contribution in [1.29, 1.82) is 0 Å². The Morgan fingerprint density at radius 1 is 1.40 bits per heavy atom. The molecule has 0 aliphatic heterocycles. The van der Waals surface area contributed by atoms with E-state index in [0.29, 0.717) is 36.2 Å². The number of nitrogens with zero attached hydrogens (tertiary/aromatic N) is 3. The van der Waals surface area contributed by atoms with Gasteiger partial charge in [-0.15, -0.1) is 0 Å². The molecule has 0 aromatic carbocycles. The van der Waals surface area contributed by atoms with Crippen LogP contribution in [0.25, 0.3) is 0 Å². The van der Waals surface area contributed by atoms with Gasteiger partial charge in [0.05, 0.1) is 12.3 Å². The molecule has 2 heterocycles. The molecule has 1 aliphatic carbocycles. The van der Waals surface area contributed by atoms with Crippen LogP contribution in [0.2, 0.25) is 0 Å². The Bertz CT molecular complexity index is 902. The predicted octanol–water partition coefficient (Wildman–Crippen LogP) is 2.73. The summed E-state index contributed by atoms with van der Waals surface area (Å²) in [6, 6.07) is 3.74. The number of aromatic nitrogens is 4. The minimum absolute atomic E-state index is 0.0232. The van der Waals surface area contributed by atoms with Gasteiger partial charge in [-0.25, -0.2) is 0 Å². The standard InChI is InChI=1S/C21H32N6O3/c1-13(2)22-19(28)11-21(3)7-6-14(10-21)16-9-18(25-24-16)23-20(29)17-8-15(12-30-5)26-27(17)4/h8-9,13-14H,6-7,10-12H2,1-5H3,(H,22,28)(H2,23,24,25,29)/t14-,21-/m1/s1. The Balaban J connectivity index is 1.60. The Kier molecular flexibility index (Phi) is 6.60. The van der Waals surface area contributed by atoms with E-state index in [9.17, 15) is 9.59 Å². The van der Waals surface area contributed by atoms with Gasteiger partial charge < -0.3 is 15.4 Å². The third kappa shape index (κ3) is 5.27. The number of anilines is 1. The Labute approximate surface area is 176 Å². The quantitative estimate of drug-likeness (QED) is 0.612. The molecule has 1 saturated carbocycles. The van der Waals surface area contributed by atoms with E-state index in [1.54, 1.807) is 20.2 Å². The normalized spacial score (nSPS) is 21.2. The Hall–Kier alpha value is -2.68. The van der Waals surface area contributed by atoms with Gasteiger partial charge in [0.1, 0.15) is 5.69 Å². The van der Waals surface area contributed by atoms with Crippen molar-refractivity contribution in [3.05, 3.63) is 29.2 Å². The highest BCUT2D eigenvalue weighted by molar-refractivity contribution is 6.02. The lowest BCUT2D eigenvalue weighted by Crippen LogP contribution is -2.33. The lowest BCUT2D eigenvalue weighted by molar-refractivity contribution is -0.123. The van der Waals surface area contributed by atoms with Crippen molar-refractivity contribution in [3.8, 4) is 0 Å². The summed E-state index contributed by atoms with van der Waals surface area (Å²) in [6.45, 7) is 6.47. The Morgan fingerprint density at radius 2 is 2.17 bits per heavy atom. The Morgan fingerprint density at radius 3 is 2.87 bits per heavy atom. The highest BCUT2D eigenvalue weighted by atomic mass is 16.5. The van der Waals surface area contributed by atoms with Gasteiger partial charge in [0.25, 0.3) is 5.91 Å². The topological polar surface area (TPSA) is 114 Å². The first-order valence-corrected chi connectivity index (χ1v) is 10.4. The second-order valence-corrected chi connectivity index (χ2v) is 8.89. The number of methoxy groups -OCH3 is 1. The van der Waals surface area contributed by atoms with Crippen molar-refractivity contribution < 1.29 is 14.3 Å². The van der Waals surface area contributed by atoms with Crippen molar-refractivity contribution in [1.82, 2.24) is 25.3 Å². The average Bonchev–Trinajstić information content (AvgIpc) is 3.33. The first kappa shape index (κ1) is 22.0. The number of carbonyl (C=O) groups excluding carboxylic acids is 2. The zero-order chi connectivity index (χ0) is 21.9. The molecule has 0 radical (unpaired) electrons. The minimum atomic E-state index is -0.271. The number of aryl methyl sites for hydroxylation is 1. The van der Waals surface area contributed by atoms with Crippen LogP contribution < -0.4 is 10.6 Å². The summed E-state index contributed by atoms with van der Waals surface area (Å²) < 4.78 is 6.59. The number of carbonyl (C=O) groups is 2.